The van der Waals surface area contributed by atoms with Crippen LogP contribution in [0.3, 0.4) is 0 Å². The first kappa shape index (κ1) is 17.2. The van der Waals surface area contributed by atoms with Gasteiger partial charge in [-0.15, -0.1) is 0 Å². The Hall–Kier alpha value is -2.21. The zero-order valence-corrected chi connectivity index (χ0v) is 14.6. The Labute approximate surface area is 152 Å². The van der Waals surface area contributed by atoms with E-state index in [0.717, 1.165) is 19.3 Å². The van der Waals surface area contributed by atoms with Gasteiger partial charge in [0.05, 0.1) is 31.4 Å². The molecule has 1 saturated carbocycles. The summed E-state index contributed by atoms with van der Waals surface area (Å²) in [5, 5.41) is 4.51. The van der Waals surface area contributed by atoms with Crippen molar-refractivity contribution in [1.29, 1.82) is 0 Å². The van der Waals surface area contributed by atoms with Crippen molar-refractivity contribution in [2.24, 2.45) is 5.92 Å². The van der Waals surface area contributed by atoms with Gasteiger partial charge in [-0.1, -0.05) is 18.9 Å². The van der Waals surface area contributed by atoms with Crippen molar-refractivity contribution >= 4 is 6.29 Å². The van der Waals surface area contributed by atoms with Crippen LogP contribution in [0, 0.1) is 11.7 Å². The Morgan fingerprint density at radius 1 is 1.27 bits per heavy atom. The molecule has 0 spiro atoms. The van der Waals surface area contributed by atoms with Crippen molar-refractivity contribution in [1.82, 2.24) is 9.78 Å². The molecule has 1 saturated heterocycles. The second-order valence-electron chi connectivity index (χ2n) is 7.12. The zero-order chi connectivity index (χ0) is 17.9. The van der Waals surface area contributed by atoms with Crippen LogP contribution in [0.25, 0.3) is 0 Å². The fourth-order valence-corrected chi connectivity index (χ4v) is 4.04. The van der Waals surface area contributed by atoms with Crippen LogP contribution in [0.4, 0.5) is 4.39 Å². The van der Waals surface area contributed by atoms with E-state index in [4.69, 9.17) is 9.47 Å². The smallest absolute Gasteiger partial charge is 0.156 e. The van der Waals surface area contributed by atoms with Crippen molar-refractivity contribution in [2.75, 3.05) is 19.8 Å². The van der Waals surface area contributed by atoms with Gasteiger partial charge in [0.25, 0.3) is 0 Å². The quantitative estimate of drug-likeness (QED) is 0.738. The van der Waals surface area contributed by atoms with E-state index in [2.05, 4.69) is 15.8 Å². The van der Waals surface area contributed by atoms with Crippen LogP contribution in [0.15, 0.2) is 30.5 Å². The van der Waals surface area contributed by atoms with Crippen molar-refractivity contribution in [3.63, 3.8) is 0 Å². The predicted molar refractivity (Wildman–Crippen MR) is 94.1 cm³/mol. The minimum Gasteiger partial charge on any atom is -0.492 e. The van der Waals surface area contributed by atoms with Gasteiger partial charge in [-0.2, -0.15) is 5.10 Å². The Bertz CT molecular complexity index is 772. The van der Waals surface area contributed by atoms with Crippen LogP contribution in [-0.4, -0.2) is 35.9 Å². The van der Waals surface area contributed by atoms with E-state index in [1.807, 2.05) is 6.20 Å². The molecule has 2 heterocycles. The SMILES string of the molecule is O=Cc1c(F)cccc1OCC1CCCCC1c1ccnn1C1COC1. The lowest BCUT2D eigenvalue weighted by Gasteiger charge is -2.35. The molecule has 2 aliphatic rings. The summed E-state index contributed by atoms with van der Waals surface area (Å²) in [6, 6.07) is 6.93. The molecule has 5 nitrogen and oxygen atoms in total. The first-order valence-electron chi connectivity index (χ1n) is 9.25. The van der Waals surface area contributed by atoms with E-state index in [-0.39, 0.29) is 5.56 Å². The third-order valence-corrected chi connectivity index (χ3v) is 5.54. The number of hydrogen-bond donors (Lipinski definition) is 0. The Balaban J connectivity index is 1.51. The molecule has 0 radical (unpaired) electrons. The normalized spacial score (nSPS) is 23.4. The number of aldehydes is 1. The monoisotopic (exact) mass is 358 g/mol. The highest BCUT2D eigenvalue weighted by Gasteiger charge is 2.32. The molecular formula is C20H23FN2O3. The molecule has 1 aliphatic carbocycles. The van der Waals surface area contributed by atoms with Gasteiger partial charge < -0.3 is 9.47 Å². The van der Waals surface area contributed by atoms with Crippen LogP contribution in [0.5, 0.6) is 5.75 Å². The first-order chi connectivity index (χ1) is 12.8. The van der Waals surface area contributed by atoms with Gasteiger partial charge in [-0.25, -0.2) is 4.39 Å². The third-order valence-electron chi connectivity index (χ3n) is 5.54. The molecule has 138 valence electrons. The van der Waals surface area contributed by atoms with Gasteiger partial charge in [0.15, 0.2) is 6.29 Å². The average molecular weight is 358 g/mol. The molecule has 2 aromatic rings. The lowest BCUT2D eigenvalue weighted by Crippen LogP contribution is -2.34. The lowest BCUT2D eigenvalue weighted by atomic mass is 9.77. The topological polar surface area (TPSA) is 53.3 Å². The van der Waals surface area contributed by atoms with Gasteiger partial charge in [-0.05, 0) is 31.0 Å². The molecule has 1 aromatic heterocycles. The number of rotatable bonds is 6. The Kier molecular flexibility index (Phi) is 5.02. The summed E-state index contributed by atoms with van der Waals surface area (Å²) in [4.78, 5) is 11.2. The molecule has 2 fully saturated rings. The maximum atomic E-state index is 13.8. The number of nitrogens with zero attached hydrogens (tertiary/aromatic N) is 2. The van der Waals surface area contributed by atoms with Crippen LogP contribution in [0.1, 0.15) is 53.7 Å². The molecule has 1 aliphatic heterocycles. The van der Waals surface area contributed by atoms with Crippen molar-refractivity contribution < 1.29 is 18.7 Å². The molecule has 26 heavy (non-hydrogen) atoms. The summed E-state index contributed by atoms with van der Waals surface area (Å²) in [5.41, 5.74) is 1.23. The maximum Gasteiger partial charge on any atom is 0.156 e. The molecule has 0 amide bonds. The summed E-state index contributed by atoms with van der Waals surface area (Å²) in [6.45, 7) is 1.91. The lowest BCUT2D eigenvalue weighted by molar-refractivity contribution is -0.0310. The fraction of sp³-hybridized carbons (Fsp3) is 0.500. The van der Waals surface area contributed by atoms with Crippen LogP contribution in [0.2, 0.25) is 0 Å². The summed E-state index contributed by atoms with van der Waals surface area (Å²) in [5.74, 6) is 0.467. The molecule has 2 atom stereocenters. The van der Waals surface area contributed by atoms with E-state index in [0.29, 0.717) is 49.7 Å². The standard InChI is InChI=1S/C20H23FN2O3/c21-18-6-3-7-20(17(18)10-24)26-11-14-4-1-2-5-16(14)19-8-9-22-23(19)15-12-25-13-15/h3,6-10,14-16H,1-2,4-5,11-13H2. The van der Waals surface area contributed by atoms with Crippen molar-refractivity contribution in [2.45, 2.75) is 37.6 Å². The number of hydrogen-bond acceptors (Lipinski definition) is 4. The largest absolute Gasteiger partial charge is 0.492 e. The predicted octanol–water partition coefficient (Wildman–Crippen LogP) is 3.76. The highest BCUT2D eigenvalue weighted by Crippen LogP contribution is 2.39. The van der Waals surface area contributed by atoms with E-state index < -0.39 is 5.82 Å². The highest BCUT2D eigenvalue weighted by molar-refractivity contribution is 5.79. The second-order valence-corrected chi connectivity index (χ2v) is 7.12. The molecule has 1 aromatic carbocycles. The van der Waals surface area contributed by atoms with Gasteiger partial charge in [0, 0.05) is 23.7 Å². The number of carbonyl (C=O) groups is 1. The Morgan fingerprint density at radius 3 is 2.88 bits per heavy atom. The van der Waals surface area contributed by atoms with E-state index in [9.17, 15) is 9.18 Å². The number of benzene rings is 1. The van der Waals surface area contributed by atoms with Crippen LogP contribution < -0.4 is 4.74 Å². The summed E-state index contributed by atoms with van der Waals surface area (Å²) in [6.07, 6.45) is 6.88. The summed E-state index contributed by atoms with van der Waals surface area (Å²) in [7, 11) is 0. The zero-order valence-electron chi connectivity index (χ0n) is 14.6. The first-order valence-corrected chi connectivity index (χ1v) is 9.25. The van der Waals surface area contributed by atoms with Crippen molar-refractivity contribution in [3.8, 4) is 5.75 Å². The minimum absolute atomic E-state index is 0.00322. The van der Waals surface area contributed by atoms with E-state index in [1.54, 1.807) is 12.1 Å². The van der Waals surface area contributed by atoms with Gasteiger partial charge in [0.1, 0.15) is 11.6 Å². The molecule has 2 unspecified atom stereocenters. The fourth-order valence-electron chi connectivity index (χ4n) is 4.04. The highest BCUT2D eigenvalue weighted by atomic mass is 19.1. The summed E-state index contributed by atoms with van der Waals surface area (Å²) < 4.78 is 27.1. The molecule has 6 heteroatoms. The second kappa shape index (κ2) is 7.58. The van der Waals surface area contributed by atoms with Gasteiger partial charge in [-0.3, -0.25) is 9.48 Å². The number of halogens is 1. The minimum atomic E-state index is -0.541. The van der Waals surface area contributed by atoms with Gasteiger partial charge in [0.2, 0.25) is 0 Å². The van der Waals surface area contributed by atoms with E-state index >= 15 is 0 Å². The number of ether oxygens (including phenoxy) is 2. The van der Waals surface area contributed by atoms with Crippen LogP contribution in [-0.2, 0) is 4.74 Å². The maximum absolute atomic E-state index is 13.8. The number of carbonyl (C=O) groups excluding carboxylic acids is 1. The molecule has 4 rings (SSSR count). The Morgan fingerprint density at radius 2 is 2.12 bits per heavy atom. The number of aromatic nitrogens is 2. The van der Waals surface area contributed by atoms with Gasteiger partial charge >= 0.3 is 0 Å². The molecule has 0 bridgehead atoms. The molecule has 0 N–H and O–H groups in total. The van der Waals surface area contributed by atoms with E-state index in [1.165, 1.54) is 18.2 Å². The average Bonchev–Trinajstić information content (AvgIpc) is 3.07. The summed E-state index contributed by atoms with van der Waals surface area (Å²) >= 11 is 0. The molecular weight excluding hydrogens is 335 g/mol. The van der Waals surface area contributed by atoms with Crippen LogP contribution >= 0.6 is 0 Å². The van der Waals surface area contributed by atoms with Crippen molar-refractivity contribution in [3.05, 3.63) is 47.5 Å². The third kappa shape index (κ3) is 3.26.